The van der Waals surface area contributed by atoms with Crippen molar-refractivity contribution in [3.8, 4) is 11.5 Å². The van der Waals surface area contributed by atoms with E-state index in [1.54, 1.807) is 14.2 Å². The van der Waals surface area contributed by atoms with Crippen LogP contribution in [0.4, 0.5) is 0 Å². The summed E-state index contributed by atoms with van der Waals surface area (Å²) in [6, 6.07) is 6.59. The fourth-order valence-electron chi connectivity index (χ4n) is 2.89. The first-order chi connectivity index (χ1) is 9.61. The van der Waals surface area contributed by atoms with E-state index in [0.29, 0.717) is 11.5 Å². The maximum absolute atomic E-state index is 5.40. The summed E-state index contributed by atoms with van der Waals surface area (Å²) in [4.78, 5) is 0. The van der Waals surface area contributed by atoms with Crippen molar-refractivity contribution in [2.75, 3.05) is 20.8 Å². The van der Waals surface area contributed by atoms with E-state index in [9.17, 15) is 0 Å². The topological polar surface area (TPSA) is 30.5 Å². The Hall–Kier alpha value is -1.22. The van der Waals surface area contributed by atoms with Crippen molar-refractivity contribution >= 4 is 0 Å². The van der Waals surface area contributed by atoms with Gasteiger partial charge in [-0.25, -0.2) is 0 Å². The number of hydrogen-bond donors (Lipinski definition) is 1. The van der Waals surface area contributed by atoms with Crippen molar-refractivity contribution in [3.05, 3.63) is 23.8 Å². The van der Waals surface area contributed by atoms with Gasteiger partial charge in [-0.15, -0.1) is 0 Å². The van der Waals surface area contributed by atoms with Crippen molar-refractivity contribution in [2.24, 2.45) is 5.41 Å². The van der Waals surface area contributed by atoms with Gasteiger partial charge in [0.2, 0.25) is 0 Å². The van der Waals surface area contributed by atoms with Crippen molar-refractivity contribution in [1.82, 2.24) is 5.32 Å². The van der Waals surface area contributed by atoms with Gasteiger partial charge in [0.15, 0.2) is 11.5 Å². The highest BCUT2D eigenvalue weighted by atomic mass is 16.5. The van der Waals surface area contributed by atoms with Crippen LogP contribution >= 0.6 is 0 Å². The van der Waals surface area contributed by atoms with Gasteiger partial charge in [0.1, 0.15) is 0 Å². The monoisotopic (exact) mass is 277 g/mol. The number of nitrogens with one attached hydrogen (secondary N) is 1. The predicted molar refractivity (Wildman–Crippen MR) is 82.5 cm³/mol. The fraction of sp³-hybridized carbons (Fsp3) is 0.647. The molecule has 0 amide bonds. The summed E-state index contributed by atoms with van der Waals surface area (Å²) in [6.07, 6.45) is 5.15. The van der Waals surface area contributed by atoms with Gasteiger partial charge in [-0.2, -0.15) is 0 Å². The molecule has 1 saturated carbocycles. The summed E-state index contributed by atoms with van der Waals surface area (Å²) in [5.74, 6) is 1.59. The first-order valence-corrected chi connectivity index (χ1v) is 7.57. The second-order valence-corrected chi connectivity index (χ2v) is 6.12. The molecule has 1 unspecified atom stereocenters. The summed E-state index contributed by atoms with van der Waals surface area (Å²) in [7, 11) is 3.36. The number of rotatable bonds is 7. The van der Waals surface area contributed by atoms with E-state index in [1.165, 1.54) is 24.8 Å². The van der Waals surface area contributed by atoms with Gasteiger partial charge in [0.25, 0.3) is 0 Å². The first-order valence-electron chi connectivity index (χ1n) is 7.57. The molecule has 3 nitrogen and oxygen atoms in total. The van der Waals surface area contributed by atoms with E-state index in [1.807, 2.05) is 6.07 Å². The largest absolute Gasteiger partial charge is 0.493 e. The van der Waals surface area contributed by atoms with Crippen LogP contribution in [0, 0.1) is 5.41 Å². The van der Waals surface area contributed by atoms with Crippen LogP contribution in [0.3, 0.4) is 0 Å². The zero-order valence-electron chi connectivity index (χ0n) is 13.2. The smallest absolute Gasteiger partial charge is 0.161 e. The van der Waals surface area contributed by atoms with Gasteiger partial charge in [0.05, 0.1) is 14.2 Å². The van der Waals surface area contributed by atoms with Crippen molar-refractivity contribution < 1.29 is 9.47 Å². The molecule has 0 radical (unpaired) electrons. The summed E-state index contributed by atoms with van der Waals surface area (Å²) in [5, 5.41) is 3.72. The molecule has 0 bridgehead atoms. The third-order valence-corrected chi connectivity index (χ3v) is 4.55. The molecule has 20 heavy (non-hydrogen) atoms. The lowest BCUT2D eigenvalue weighted by Gasteiger charge is -2.39. The van der Waals surface area contributed by atoms with E-state index >= 15 is 0 Å². The van der Waals surface area contributed by atoms with Gasteiger partial charge >= 0.3 is 0 Å². The second-order valence-electron chi connectivity index (χ2n) is 6.12. The molecular formula is C17H27NO2. The normalized spacial score (nSPS) is 18.2. The number of benzene rings is 1. The minimum Gasteiger partial charge on any atom is -0.493 e. The predicted octanol–water partition coefficient (Wildman–Crippen LogP) is 3.93. The van der Waals surface area contributed by atoms with Gasteiger partial charge < -0.3 is 14.8 Å². The maximum Gasteiger partial charge on any atom is 0.161 e. The molecule has 2 rings (SSSR count). The van der Waals surface area contributed by atoms with Gasteiger partial charge in [0, 0.05) is 12.6 Å². The molecule has 0 heterocycles. The first kappa shape index (κ1) is 15.2. The lowest BCUT2D eigenvalue weighted by Crippen LogP contribution is -2.38. The quantitative estimate of drug-likeness (QED) is 0.819. The molecule has 1 fully saturated rings. The average molecular weight is 277 g/mol. The van der Waals surface area contributed by atoms with E-state index in [0.717, 1.165) is 24.5 Å². The number of methoxy groups -OCH3 is 2. The van der Waals surface area contributed by atoms with Gasteiger partial charge in [-0.1, -0.05) is 26.3 Å². The van der Waals surface area contributed by atoms with Crippen LogP contribution in [0.1, 0.15) is 51.1 Å². The number of hydrogen-bond acceptors (Lipinski definition) is 3. The van der Waals surface area contributed by atoms with Crippen LogP contribution in [0.25, 0.3) is 0 Å². The Morgan fingerprint density at radius 3 is 2.40 bits per heavy atom. The lowest BCUT2D eigenvalue weighted by molar-refractivity contribution is 0.150. The van der Waals surface area contributed by atoms with Crippen LogP contribution < -0.4 is 14.8 Å². The summed E-state index contributed by atoms with van der Waals surface area (Å²) < 4.78 is 10.7. The maximum atomic E-state index is 5.40. The Morgan fingerprint density at radius 1 is 1.20 bits per heavy atom. The highest BCUT2D eigenvalue weighted by Crippen LogP contribution is 2.40. The van der Waals surface area contributed by atoms with Crippen molar-refractivity contribution in [3.63, 3.8) is 0 Å². The summed E-state index contributed by atoms with van der Waals surface area (Å²) >= 11 is 0. The molecule has 1 aliphatic carbocycles. The Labute approximate surface area is 122 Å². The molecule has 0 spiro atoms. The molecule has 1 atom stereocenters. The van der Waals surface area contributed by atoms with E-state index in [2.05, 4.69) is 31.3 Å². The standard InChI is InChI=1S/C17H27NO2/c1-5-14(18-12-17(2)9-6-10-17)13-7-8-15(19-3)16(11-13)20-4/h7-8,11,14,18H,5-6,9-10,12H2,1-4H3. The molecule has 112 valence electrons. The van der Waals surface area contributed by atoms with Gasteiger partial charge in [-0.05, 0) is 42.4 Å². The van der Waals surface area contributed by atoms with E-state index < -0.39 is 0 Å². The molecule has 0 aromatic heterocycles. The molecule has 1 aliphatic rings. The molecule has 1 N–H and O–H groups in total. The minimum atomic E-state index is 0.382. The molecule has 1 aromatic rings. The van der Waals surface area contributed by atoms with Crippen molar-refractivity contribution in [2.45, 2.75) is 45.6 Å². The second kappa shape index (κ2) is 6.49. The molecule has 3 heteroatoms. The average Bonchev–Trinajstić information content (AvgIpc) is 2.45. The van der Waals surface area contributed by atoms with E-state index in [4.69, 9.17) is 9.47 Å². The van der Waals surface area contributed by atoms with Crippen LogP contribution in [-0.4, -0.2) is 20.8 Å². The van der Waals surface area contributed by atoms with Crippen molar-refractivity contribution in [1.29, 1.82) is 0 Å². The minimum absolute atomic E-state index is 0.382. The van der Waals surface area contributed by atoms with E-state index in [-0.39, 0.29) is 0 Å². The summed E-state index contributed by atoms with van der Waals surface area (Å²) in [5.41, 5.74) is 1.78. The molecular weight excluding hydrogens is 250 g/mol. The van der Waals surface area contributed by atoms with Gasteiger partial charge in [-0.3, -0.25) is 0 Å². The third-order valence-electron chi connectivity index (χ3n) is 4.55. The molecule has 0 saturated heterocycles. The fourth-order valence-corrected chi connectivity index (χ4v) is 2.89. The Kier molecular flexibility index (Phi) is 4.92. The Bertz CT molecular complexity index is 441. The zero-order chi connectivity index (χ0) is 14.6. The number of ether oxygens (including phenoxy) is 2. The third kappa shape index (κ3) is 3.26. The summed E-state index contributed by atoms with van der Waals surface area (Å²) in [6.45, 7) is 5.70. The highest BCUT2D eigenvalue weighted by Gasteiger charge is 2.31. The van der Waals surface area contributed by atoms with Crippen LogP contribution in [0.15, 0.2) is 18.2 Å². The molecule has 0 aliphatic heterocycles. The lowest BCUT2D eigenvalue weighted by atomic mass is 9.70. The van der Waals surface area contributed by atoms with Crippen LogP contribution in [-0.2, 0) is 0 Å². The van der Waals surface area contributed by atoms with Crippen LogP contribution in [0.2, 0.25) is 0 Å². The highest BCUT2D eigenvalue weighted by molar-refractivity contribution is 5.43. The Balaban J connectivity index is 2.06. The molecule has 1 aromatic carbocycles. The Morgan fingerprint density at radius 2 is 1.90 bits per heavy atom. The SMILES string of the molecule is CCC(NCC1(C)CCC1)c1ccc(OC)c(OC)c1. The zero-order valence-corrected chi connectivity index (χ0v) is 13.2. The van der Waals surface area contributed by atoms with Crippen LogP contribution in [0.5, 0.6) is 11.5 Å².